The van der Waals surface area contributed by atoms with Crippen LogP contribution in [0.3, 0.4) is 0 Å². The molecule has 8 nitrogen and oxygen atoms in total. The molecule has 1 saturated carbocycles. The van der Waals surface area contributed by atoms with Gasteiger partial charge in [0.15, 0.2) is 0 Å². The molecule has 32 heavy (non-hydrogen) atoms. The third kappa shape index (κ3) is 3.62. The van der Waals surface area contributed by atoms with Crippen molar-refractivity contribution < 1.29 is 4.74 Å². The van der Waals surface area contributed by atoms with Crippen LogP contribution in [0.5, 0.6) is 5.75 Å². The zero-order valence-electron chi connectivity index (χ0n) is 18.7. The van der Waals surface area contributed by atoms with E-state index in [0.29, 0.717) is 12.5 Å². The number of hydrogen-bond donors (Lipinski definition) is 0. The van der Waals surface area contributed by atoms with Crippen LogP contribution in [0.2, 0.25) is 0 Å². The fourth-order valence-corrected chi connectivity index (χ4v) is 4.19. The largest absolute Gasteiger partial charge is 0.489 e. The van der Waals surface area contributed by atoms with Crippen LogP contribution in [-0.2, 0) is 20.7 Å². The molecular weight excluding hydrogens is 404 g/mol. The number of tetrazole rings is 1. The van der Waals surface area contributed by atoms with Gasteiger partial charge in [-0.15, -0.1) is 0 Å². The van der Waals surface area contributed by atoms with E-state index in [9.17, 15) is 4.79 Å². The average Bonchev–Trinajstić information content (AvgIpc) is 3.49. The van der Waals surface area contributed by atoms with Crippen molar-refractivity contribution in [3.05, 3.63) is 75.3 Å². The fourth-order valence-electron chi connectivity index (χ4n) is 4.19. The van der Waals surface area contributed by atoms with Gasteiger partial charge in [0.1, 0.15) is 12.4 Å². The van der Waals surface area contributed by atoms with Gasteiger partial charge in [0.2, 0.25) is 0 Å². The summed E-state index contributed by atoms with van der Waals surface area (Å²) >= 11 is 0. The van der Waals surface area contributed by atoms with Crippen LogP contribution in [0.15, 0.2) is 47.3 Å². The highest BCUT2D eigenvalue weighted by atomic mass is 16.5. The predicted octanol–water partition coefficient (Wildman–Crippen LogP) is 3.44. The zero-order valence-corrected chi connectivity index (χ0v) is 18.7. The summed E-state index contributed by atoms with van der Waals surface area (Å²) in [6, 6.07) is 14.3. The molecule has 0 saturated heterocycles. The average molecular weight is 431 g/mol. The van der Waals surface area contributed by atoms with E-state index in [1.54, 1.807) is 7.05 Å². The van der Waals surface area contributed by atoms with Gasteiger partial charge < -0.3 is 4.74 Å². The highest BCUT2D eigenvalue weighted by Gasteiger charge is 2.28. The van der Waals surface area contributed by atoms with Crippen LogP contribution in [0.25, 0.3) is 16.9 Å². The first-order chi connectivity index (χ1) is 15.4. The molecule has 4 aromatic rings. The Morgan fingerprint density at radius 3 is 2.47 bits per heavy atom. The molecule has 2 heterocycles. The van der Waals surface area contributed by atoms with Gasteiger partial charge in [-0.3, -0.25) is 4.68 Å². The monoisotopic (exact) mass is 430 g/mol. The van der Waals surface area contributed by atoms with Gasteiger partial charge in [0.25, 0.3) is 0 Å². The molecule has 0 unspecified atom stereocenters. The maximum Gasteiger partial charge on any atom is 0.368 e. The van der Waals surface area contributed by atoms with Gasteiger partial charge >= 0.3 is 5.69 Å². The van der Waals surface area contributed by atoms with Crippen LogP contribution in [-0.4, -0.2) is 29.6 Å². The number of aromatic nitrogens is 6. The summed E-state index contributed by atoms with van der Waals surface area (Å²) in [7, 11) is 3.55. The van der Waals surface area contributed by atoms with Crippen LogP contribution >= 0.6 is 0 Å². The molecule has 0 aliphatic heterocycles. The zero-order chi connectivity index (χ0) is 22.4. The van der Waals surface area contributed by atoms with Crippen molar-refractivity contribution in [1.29, 1.82) is 0 Å². The highest BCUT2D eigenvalue weighted by Crippen LogP contribution is 2.43. The third-order valence-electron chi connectivity index (χ3n) is 6.00. The highest BCUT2D eigenvalue weighted by molar-refractivity contribution is 5.63. The summed E-state index contributed by atoms with van der Waals surface area (Å²) in [6.07, 6.45) is 2.31. The van der Waals surface area contributed by atoms with E-state index in [1.807, 2.05) is 43.8 Å². The number of ether oxygens (including phenoxy) is 1. The quantitative estimate of drug-likeness (QED) is 0.468. The summed E-state index contributed by atoms with van der Waals surface area (Å²) in [6.45, 7) is 4.39. The number of rotatable bonds is 6. The number of nitrogens with zero attached hydrogens (tertiary/aromatic N) is 6. The van der Waals surface area contributed by atoms with Crippen molar-refractivity contribution in [3.8, 4) is 22.7 Å². The molecule has 2 aromatic heterocycles. The van der Waals surface area contributed by atoms with Crippen molar-refractivity contribution in [1.82, 2.24) is 29.6 Å². The van der Waals surface area contributed by atoms with Gasteiger partial charge in [-0.05, 0) is 84.5 Å². The van der Waals surface area contributed by atoms with E-state index in [0.717, 1.165) is 52.4 Å². The molecule has 0 atom stereocenters. The molecule has 164 valence electrons. The Bertz CT molecular complexity index is 1360. The number of benzene rings is 2. The van der Waals surface area contributed by atoms with Crippen molar-refractivity contribution in [3.63, 3.8) is 0 Å². The van der Waals surface area contributed by atoms with E-state index in [4.69, 9.17) is 4.74 Å². The molecule has 0 amide bonds. The van der Waals surface area contributed by atoms with Crippen molar-refractivity contribution in [2.75, 3.05) is 0 Å². The van der Waals surface area contributed by atoms with Crippen molar-refractivity contribution in [2.24, 2.45) is 14.1 Å². The Labute approximate surface area is 186 Å². The van der Waals surface area contributed by atoms with E-state index >= 15 is 0 Å². The number of hydrogen-bond acceptors (Lipinski definition) is 5. The molecular formula is C24H26N6O2. The van der Waals surface area contributed by atoms with Crippen LogP contribution in [0.4, 0.5) is 0 Å². The minimum absolute atomic E-state index is 0.272. The SMILES string of the molecule is Cc1cc(-c2ccc(OCc3c(C4CC4)cccc3-n3nnn(C)c3=O)c(C)c2)n(C)n1. The van der Waals surface area contributed by atoms with Crippen LogP contribution in [0.1, 0.15) is 41.1 Å². The maximum atomic E-state index is 12.5. The topological polar surface area (TPSA) is 79.8 Å². The first kappa shape index (κ1) is 20.2. The maximum absolute atomic E-state index is 12.5. The predicted molar refractivity (Wildman–Crippen MR) is 121 cm³/mol. The third-order valence-corrected chi connectivity index (χ3v) is 6.00. The normalized spacial score (nSPS) is 13.5. The lowest BCUT2D eigenvalue weighted by atomic mass is 10.0. The minimum Gasteiger partial charge on any atom is -0.489 e. The molecule has 0 radical (unpaired) electrons. The fraction of sp³-hybridized carbons (Fsp3) is 0.333. The molecule has 0 spiro atoms. The second kappa shape index (κ2) is 7.78. The first-order valence-electron chi connectivity index (χ1n) is 10.8. The Morgan fingerprint density at radius 2 is 1.84 bits per heavy atom. The first-order valence-corrected chi connectivity index (χ1v) is 10.8. The number of aryl methyl sites for hydroxylation is 4. The molecule has 1 fully saturated rings. The van der Waals surface area contributed by atoms with E-state index in [2.05, 4.69) is 39.8 Å². The second-order valence-corrected chi connectivity index (χ2v) is 8.48. The van der Waals surface area contributed by atoms with Gasteiger partial charge in [-0.25, -0.2) is 4.79 Å². The van der Waals surface area contributed by atoms with Crippen molar-refractivity contribution >= 4 is 0 Å². The lowest BCUT2D eigenvalue weighted by molar-refractivity contribution is 0.302. The van der Waals surface area contributed by atoms with E-state index in [-0.39, 0.29) is 5.69 Å². The molecule has 8 heteroatoms. The lowest BCUT2D eigenvalue weighted by Gasteiger charge is -2.16. The molecule has 0 N–H and O–H groups in total. The van der Waals surface area contributed by atoms with E-state index in [1.165, 1.54) is 14.9 Å². The van der Waals surface area contributed by atoms with E-state index < -0.39 is 0 Å². The van der Waals surface area contributed by atoms with Crippen LogP contribution in [0, 0.1) is 13.8 Å². The Balaban J connectivity index is 1.47. The summed E-state index contributed by atoms with van der Waals surface area (Å²) < 4.78 is 10.8. The van der Waals surface area contributed by atoms with Gasteiger partial charge in [-0.1, -0.05) is 12.1 Å². The summed E-state index contributed by atoms with van der Waals surface area (Å²) in [5, 5.41) is 12.4. The summed E-state index contributed by atoms with van der Waals surface area (Å²) in [5.74, 6) is 1.33. The van der Waals surface area contributed by atoms with Gasteiger partial charge in [-0.2, -0.15) is 14.5 Å². The summed E-state index contributed by atoms with van der Waals surface area (Å²) in [4.78, 5) is 12.5. The molecule has 2 aromatic carbocycles. The Hall–Kier alpha value is -3.68. The van der Waals surface area contributed by atoms with Gasteiger partial charge in [0, 0.05) is 25.2 Å². The Morgan fingerprint density at radius 1 is 1.03 bits per heavy atom. The smallest absolute Gasteiger partial charge is 0.368 e. The van der Waals surface area contributed by atoms with Gasteiger partial charge in [0.05, 0.1) is 17.1 Å². The standard InChI is InChI=1S/C24H26N6O2/c1-15-12-18(22-13-16(2)25-28(22)3)10-11-23(15)32-14-20-19(17-8-9-17)6-5-7-21(20)30-24(31)29(4)26-27-30/h5-7,10-13,17H,8-9,14H2,1-4H3. The molecule has 0 bridgehead atoms. The minimum atomic E-state index is -0.272. The molecule has 1 aliphatic rings. The lowest BCUT2D eigenvalue weighted by Crippen LogP contribution is -2.23. The second-order valence-electron chi connectivity index (χ2n) is 8.48. The Kier molecular flexibility index (Phi) is 4.92. The molecule has 5 rings (SSSR count). The van der Waals surface area contributed by atoms with Crippen LogP contribution < -0.4 is 10.4 Å². The molecule has 1 aliphatic carbocycles. The van der Waals surface area contributed by atoms with Crippen molar-refractivity contribution in [2.45, 2.75) is 39.2 Å². The summed E-state index contributed by atoms with van der Waals surface area (Å²) in [5.41, 5.74) is 6.87.